The third-order valence-electron chi connectivity index (χ3n) is 5.42. The average Bonchev–Trinajstić information content (AvgIpc) is 2.76. The molecular weight excluding hydrogens is 278 g/mol. The molecule has 0 aromatic heterocycles. The summed E-state index contributed by atoms with van der Waals surface area (Å²) in [7, 11) is 0. The van der Waals surface area contributed by atoms with Crippen molar-refractivity contribution >= 4 is 5.69 Å². The van der Waals surface area contributed by atoms with E-state index in [9.17, 15) is 0 Å². The highest BCUT2D eigenvalue weighted by Gasteiger charge is 2.57. The van der Waals surface area contributed by atoms with Crippen molar-refractivity contribution in [3.63, 3.8) is 0 Å². The molecule has 0 amide bonds. The lowest BCUT2D eigenvalue weighted by molar-refractivity contribution is 0.0636. The number of hydrogen-bond donors (Lipinski definition) is 0. The maximum absolute atomic E-state index is 2.61. The van der Waals surface area contributed by atoms with Gasteiger partial charge in [0.05, 0.1) is 0 Å². The van der Waals surface area contributed by atoms with Crippen molar-refractivity contribution in [1.82, 2.24) is 0 Å². The van der Waals surface area contributed by atoms with Gasteiger partial charge in [0.25, 0.3) is 0 Å². The van der Waals surface area contributed by atoms with Crippen LogP contribution in [-0.4, -0.2) is 12.1 Å². The Labute approximate surface area is 145 Å². The summed E-state index contributed by atoms with van der Waals surface area (Å²) in [6, 6.07) is 9.05. The smallest absolute Gasteiger partial charge is 0.0410 e. The van der Waals surface area contributed by atoms with Gasteiger partial charge < -0.3 is 4.90 Å². The van der Waals surface area contributed by atoms with Gasteiger partial charge >= 0.3 is 0 Å². The molecule has 0 radical (unpaired) electrons. The first-order valence-electron chi connectivity index (χ1n) is 9.19. The number of fused-ring (bicyclic) bond motifs is 1. The fourth-order valence-electron chi connectivity index (χ4n) is 4.48. The predicted octanol–water partition coefficient (Wildman–Crippen LogP) is 6.66. The number of benzene rings is 1. The number of nitrogens with zero attached hydrogens (tertiary/aromatic N) is 1. The summed E-state index contributed by atoms with van der Waals surface area (Å²) in [6.45, 7) is 26.5. The molecule has 132 valence electrons. The van der Waals surface area contributed by atoms with Crippen molar-refractivity contribution in [2.45, 2.75) is 87.1 Å². The molecule has 23 heavy (non-hydrogen) atoms. The van der Waals surface area contributed by atoms with Gasteiger partial charge in [-0.2, -0.15) is 0 Å². The van der Waals surface area contributed by atoms with Gasteiger partial charge in [0, 0.05) is 23.2 Å². The van der Waals surface area contributed by atoms with E-state index in [-0.39, 0.29) is 21.8 Å². The van der Waals surface area contributed by atoms with E-state index < -0.39 is 0 Å². The molecule has 0 N–H and O–H groups in total. The molecule has 0 fully saturated rings. The lowest BCUT2D eigenvalue weighted by atomic mass is 9.52. The van der Waals surface area contributed by atoms with E-state index in [4.69, 9.17) is 0 Å². The molecule has 0 atom stereocenters. The van der Waals surface area contributed by atoms with Crippen molar-refractivity contribution in [3.8, 4) is 0 Å². The third-order valence-corrected chi connectivity index (χ3v) is 5.42. The normalized spacial score (nSPS) is 17.4. The Bertz CT molecular complexity index is 506. The van der Waals surface area contributed by atoms with E-state index in [1.54, 1.807) is 0 Å². The second kappa shape index (κ2) is 6.15. The first-order valence-corrected chi connectivity index (χ1v) is 9.19. The van der Waals surface area contributed by atoms with Crippen LogP contribution in [0.3, 0.4) is 0 Å². The van der Waals surface area contributed by atoms with Gasteiger partial charge in [0.2, 0.25) is 0 Å². The van der Waals surface area contributed by atoms with Crippen LogP contribution in [0, 0.1) is 10.8 Å². The summed E-state index contributed by atoms with van der Waals surface area (Å²) < 4.78 is 0. The third kappa shape index (κ3) is 3.16. The molecule has 1 nitrogen and oxygen atoms in total. The molecule has 0 unspecified atom stereocenters. The Morgan fingerprint density at radius 3 is 1.61 bits per heavy atom. The summed E-state index contributed by atoms with van der Waals surface area (Å²) >= 11 is 0. The maximum Gasteiger partial charge on any atom is 0.0410 e. The SMILES string of the molecule is CC.CC(C)(C)N1CC(C(C)(C)C)(C(C)(C)C)c2ccccc21. The summed E-state index contributed by atoms with van der Waals surface area (Å²) in [5.41, 5.74) is 3.68. The molecule has 2 rings (SSSR count). The molecule has 1 heteroatoms. The lowest BCUT2D eigenvalue weighted by Gasteiger charge is -2.52. The Kier molecular flexibility index (Phi) is 5.36. The van der Waals surface area contributed by atoms with Gasteiger partial charge in [-0.3, -0.25) is 0 Å². The zero-order valence-electron chi connectivity index (χ0n) is 17.5. The molecule has 0 aliphatic carbocycles. The van der Waals surface area contributed by atoms with Gasteiger partial charge in [0.1, 0.15) is 0 Å². The Balaban J connectivity index is 0.00000127. The summed E-state index contributed by atoms with van der Waals surface area (Å²) in [6.07, 6.45) is 0. The van der Waals surface area contributed by atoms with E-state index in [1.807, 2.05) is 13.8 Å². The van der Waals surface area contributed by atoms with Crippen LogP contribution >= 0.6 is 0 Å². The molecule has 1 aliphatic rings. The number of rotatable bonds is 0. The van der Waals surface area contributed by atoms with Gasteiger partial charge in [0.15, 0.2) is 0 Å². The van der Waals surface area contributed by atoms with E-state index >= 15 is 0 Å². The maximum atomic E-state index is 2.61. The molecule has 1 aromatic rings. The second-order valence-electron chi connectivity index (χ2n) is 9.68. The molecule has 0 spiro atoms. The van der Waals surface area contributed by atoms with Crippen LogP contribution in [0.1, 0.15) is 81.7 Å². The monoisotopic (exact) mass is 317 g/mol. The molecular formula is C22H39N. The lowest BCUT2D eigenvalue weighted by Crippen LogP contribution is -2.55. The van der Waals surface area contributed by atoms with Crippen molar-refractivity contribution in [1.29, 1.82) is 0 Å². The number of para-hydroxylation sites is 1. The standard InChI is InChI=1S/C20H33N.C2H6/c1-17(2,3)20(18(4,5)6)14-21(19(7,8)9)16-13-11-10-12-15(16)20;1-2/h10-13H,14H2,1-9H3;1-2H3. The Morgan fingerprint density at radius 1 is 0.783 bits per heavy atom. The van der Waals surface area contributed by atoms with Crippen LogP contribution < -0.4 is 4.90 Å². The highest BCUT2D eigenvalue weighted by atomic mass is 15.2. The van der Waals surface area contributed by atoms with Crippen molar-refractivity contribution in [2.75, 3.05) is 11.4 Å². The first-order chi connectivity index (χ1) is 10.3. The van der Waals surface area contributed by atoms with Crippen molar-refractivity contribution in [2.24, 2.45) is 10.8 Å². The molecule has 0 saturated carbocycles. The molecule has 1 aliphatic heterocycles. The van der Waals surface area contributed by atoms with Crippen LogP contribution in [0.5, 0.6) is 0 Å². The van der Waals surface area contributed by atoms with Crippen LogP contribution in [0.4, 0.5) is 5.69 Å². The van der Waals surface area contributed by atoms with Crippen LogP contribution in [0.15, 0.2) is 24.3 Å². The first kappa shape index (κ1) is 20.1. The molecule has 0 bridgehead atoms. The topological polar surface area (TPSA) is 3.24 Å². The van der Waals surface area contributed by atoms with E-state index in [0.717, 1.165) is 6.54 Å². The predicted molar refractivity (Wildman–Crippen MR) is 105 cm³/mol. The zero-order chi connectivity index (χ0) is 18.3. The summed E-state index contributed by atoms with van der Waals surface area (Å²) in [5.74, 6) is 0. The van der Waals surface area contributed by atoms with Crippen LogP contribution in [0.2, 0.25) is 0 Å². The number of anilines is 1. The fraction of sp³-hybridized carbons (Fsp3) is 0.727. The quantitative estimate of drug-likeness (QED) is 0.517. The second-order valence-corrected chi connectivity index (χ2v) is 9.68. The average molecular weight is 318 g/mol. The van der Waals surface area contributed by atoms with Crippen molar-refractivity contribution < 1.29 is 0 Å². The number of hydrogen-bond acceptors (Lipinski definition) is 1. The summed E-state index contributed by atoms with van der Waals surface area (Å²) in [5, 5.41) is 0. The van der Waals surface area contributed by atoms with Gasteiger partial charge in [-0.25, -0.2) is 0 Å². The van der Waals surface area contributed by atoms with Gasteiger partial charge in [-0.15, -0.1) is 0 Å². The zero-order valence-corrected chi connectivity index (χ0v) is 17.5. The molecule has 0 saturated heterocycles. The Hall–Kier alpha value is -0.980. The highest BCUT2D eigenvalue weighted by Crippen LogP contribution is 2.60. The van der Waals surface area contributed by atoms with Gasteiger partial charge in [-0.05, 0) is 43.2 Å². The minimum absolute atomic E-state index is 0.147. The van der Waals surface area contributed by atoms with E-state index in [1.165, 1.54) is 11.3 Å². The molecule has 1 heterocycles. The van der Waals surface area contributed by atoms with Crippen molar-refractivity contribution in [3.05, 3.63) is 29.8 Å². The van der Waals surface area contributed by atoms with Gasteiger partial charge in [-0.1, -0.05) is 73.6 Å². The largest absolute Gasteiger partial charge is 0.366 e. The van der Waals surface area contributed by atoms with Crippen LogP contribution in [-0.2, 0) is 5.41 Å². The highest BCUT2D eigenvalue weighted by molar-refractivity contribution is 5.65. The van der Waals surface area contributed by atoms with E-state index in [2.05, 4.69) is 91.5 Å². The summed E-state index contributed by atoms with van der Waals surface area (Å²) in [4.78, 5) is 2.61. The fourth-order valence-corrected chi connectivity index (χ4v) is 4.48. The van der Waals surface area contributed by atoms with E-state index in [0.29, 0.717) is 0 Å². The Morgan fingerprint density at radius 2 is 1.22 bits per heavy atom. The minimum atomic E-state index is 0.147. The minimum Gasteiger partial charge on any atom is -0.366 e. The molecule has 1 aromatic carbocycles. The van der Waals surface area contributed by atoms with Crippen LogP contribution in [0.25, 0.3) is 0 Å².